The maximum absolute atomic E-state index is 5.11. The summed E-state index contributed by atoms with van der Waals surface area (Å²) in [5, 5.41) is 0. The second-order valence-corrected chi connectivity index (χ2v) is 6.24. The normalized spacial score (nSPS) is 24.0. The highest BCUT2D eigenvalue weighted by Gasteiger charge is 2.45. The predicted octanol–water partition coefficient (Wildman–Crippen LogP) is 3.07. The van der Waals surface area contributed by atoms with E-state index < -0.39 is 0 Å². The molecule has 0 amide bonds. The average Bonchev–Trinajstić information content (AvgIpc) is 3.10. The number of anilines is 1. The van der Waals surface area contributed by atoms with Crippen molar-refractivity contribution in [2.24, 2.45) is 11.8 Å². The number of methoxy groups -OCH3 is 1. The van der Waals surface area contributed by atoms with Crippen LogP contribution in [-0.2, 0) is 17.6 Å². The number of nitrogens with zero attached hydrogens (tertiary/aromatic N) is 2. The number of pyridine rings is 1. The zero-order valence-corrected chi connectivity index (χ0v) is 12.8. The standard InChI is InChI=1S/C17H26N2O/c1-3-16-13(6-4-5-9-20-2)7-8-17(18-16)19-11-14-10-15(14)12-19/h7-8,14-15H,3-6,9-12H2,1-2H3. The molecule has 2 unspecified atom stereocenters. The van der Waals surface area contributed by atoms with Gasteiger partial charge in [-0.05, 0) is 55.6 Å². The van der Waals surface area contributed by atoms with Gasteiger partial charge >= 0.3 is 0 Å². The van der Waals surface area contributed by atoms with E-state index in [4.69, 9.17) is 9.72 Å². The molecule has 1 aliphatic heterocycles. The number of piperidine rings is 1. The first-order chi connectivity index (χ1) is 9.81. The minimum atomic E-state index is 0.865. The molecule has 110 valence electrons. The lowest BCUT2D eigenvalue weighted by Crippen LogP contribution is -2.23. The summed E-state index contributed by atoms with van der Waals surface area (Å²) in [5.41, 5.74) is 2.72. The Labute approximate surface area is 122 Å². The smallest absolute Gasteiger partial charge is 0.128 e. The van der Waals surface area contributed by atoms with Crippen molar-refractivity contribution in [3.8, 4) is 0 Å². The molecule has 1 saturated carbocycles. The van der Waals surface area contributed by atoms with Crippen LogP contribution < -0.4 is 4.90 Å². The molecule has 3 nitrogen and oxygen atoms in total. The lowest BCUT2D eigenvalue weighted by Gasteiger charge is -2.20. The van der Waals surface area contributed by atoms with Crippen LogP contribution in [0.4, 0.5) is 5.82 Å². The Hall–Kier alpha value is -1.09. The summed E-state index contributed by atoms with van der Waals surface area (Å²) in [6.45, 7) is 5.54. The summed E-state index contributed by atoms with van der Waals surface area (Å²) < 4.78 is 5.11. The van der Waals surface area contributed by atoms with Crippen LogP contribution in [0.2, 0.25) is 0 Å². The summed E-state index contributed by atoms with van der Waals surface area (Å²) in [4.78, 5) is 7.40. The van der Waals surface area contributed by atoms with E-state index in [0.717, 1.165) is 37.7 Å². The minimum absolute atomic E-state index is 0.865. The van der Waals surface area contributed by atoms with Crippen LogP contribution >= 0.6 is 0 Å². The Morgan fingerprint density at radius 1 is 1.25 bits per heavy atom. The second-order valence-electron chi connectivity index (χ2n) is 6.24. The summed E-state index contributed by atoms with van der Waals surface area (Å²) in [7, 11) is 1.77. The van der Waals surface area contributed by atoms with Crippen LogP contribution in [0.5, 0.6) is 0 Å². The predicted molar refractivity (Wildman–Crippen MR) is 82.2 cm³/mol. The molecule has 1 saturated heterocycles. The van der Waals surface area contributed by atoms with Gasteiger partial charge in [-0.2, -0.15) is 0 Å². The van der Waals surface area contributed by atoms with Crippen molar-refractivity contribution in [2.45, 2.75) is 39.0 Å². The molecule has 20 heavy (non-hydrogen) atoms. The van der Waals surface area contributed by atoms with Gasteiger partial charge in [0, 0.05) is 32.5 Å². The number of ether oxygens (including phenoxy) is 1. The largest absolute Gasteiger partial charge is 0.385 e. The van der Waals surface area contributed by atoms with E-state index in [2.05, 4.69) is 24.0 Å². The summed E-state index contributed by atoms with van der Waals surface area (Å²) >= 11 is 0. The van der Waals surface area contributed by atoms with Crippen molar-refractivity contribution in [3.05, 3.63) is 23.4 Å². The summed E-state index contributed by atoms with van der Waals surface area (Å²) in [6, 6.07) is 4.54. The zero-order valence-electron chi connectivity index (χ0n) is 12.8. The third-order valence-electron chi connectivity index (χ3n) is 4.74. The maximum atomic E-state index is 5.11. The molecule has 0 bridgehead atoms. The molecule has 3 rings (SSSR count). The van der Waals surface area contributed by atoms with Crippen molar-refractivity contribution in [1.82, 2.24) is 4.98 Å². The Kier molecular flexibility index (Phi) is 4.25. The van der Waals surface area contributed by atoms with Gasteiger partial charge in [-0.1, -0.05) is 13.0 Å². The van der Waals surface area contributed by atoms with Gasteiger partial charge in [-0.25, -0.2) is 4.98 Å². The van der Waals surface area contributed by atoms with Crippen LogP contribution in [0.3, 0.4) is 0 Å². The topological polar surface area (TPSA) is 25.4 Å². The number of rotatable bonds is 7. The highest BCUT2D eigenvalue weighted by Crippen LogP contribution is 2.45. The third-order valence-corrected chi connectivity index (χ3v) is 4.74. The van der Waals surface area contributed by atoms with Gasteiger partial charge in [0.15, 0.2) is 0 Å². The van der Waals surface area contributed by atoms with E-state index in [1.807, 2.05) is 0 Å². The number of hydrogen-bond acceptors (Lipinski definition) is 3. The molecule has 0 radical (unpaired) electrons. The van der Waals surface area contributed by atoms with Crippen LogP contribution in [0.25, 0.3) is 0 Å². The third kappa shape index (κ3) is 2.98. The molecule has 0 spiro atoms. The van der Waals surface area contributed by atoms with Crippen molar-refractivity contribution in [2.75, 3.05) is 31.7 Å². The van der Waals surface area contributed by atoms with Crippen molar-refractivity contribution in [1.29, 1.82) is 0 Å². The fourth-order valence-electron chi connectivity index (χ4n) is 3.38. The Bertz CT molecular complexity index is 450. The quantitative estimate of drug-likeness (QED) is 0.715. The first kappa shape index (κ1) is 13.9. The van der Waals surface area contributed by atoms with Gasteiger partial charge in [0.05, 0.1) is 0 Å². The number of unbranched alkanes of at least 4 members (excludes halogenated alkanes) is 1. The van der Waals surface area contributed by atoms with Crippen LogP contribution in [-0.4, -0.2) is 31.8 Å². The van der Waals surface area contributed by atoms with Gasteiger partial charge in [0.2, 0.25) is 0 Å². The number of hydrogen-bond donors (Lipinski definition) is 0. The second kappa shape index (κ2) is 6.13. The molecule has 1 aliphatic carbocycles. The monoisotopic (exact) mass is 274 g/mol. The molecule has 2 fully saturated rings. The summed E-state index contributed by atoms with van der Waals surface area (Å²) in [5.74, 6) is 3.14. The molecule has 3 heteroatoms. The Morgan fingerprint density at radius 3 is 2.75 bits per heavy atom. The molecular weight excluding hydrogens is 248 g/mol. The Balaban J connectivity index is 1.63. The molecular formula is C17H26N2O. The number of aryl methyl sites for hydroxylation is 2. The molecule has 2 aliphatic rings. The molecule has 2 atom stereocenters. The lowest BCUT2D eigenvalue weighted by molar-refractivity contribution is 0.193. The first-order valence-corrected chi connectivity index (χ1v) is 8.04. The fourth-order valence-corrected chi connectivity index (χ4v) is 3.38. The molecule has 1 aromatic rings. The molecule has 1 aromatic heterocycles. The maximum Gasteiger partial charge on any atom is 0.128 e. The average molecular weight is 274 g/mol. The van der Waals surface area contributed by atoms with Crippen LogP contribution in [0.1, 0.15) is 37.4 Å². The van der Waals surface area contributed by atoms with E-state index in [1.165, 1.54) is 43.0 Å². The van der Waals surface area contributed by atoms with E-state index in [1.54, 1.807) is 7.11 Å². The molecule has 0 aromatic carbocycles. The van der Waals surface area contributed by atoms with Gasteiger partial charge in [0.25, 0.3) is 0 Å². The van der Waals surface area contributed by atoms with Crippen LogP contribution in [0, 0.1) is 11.8 Å². The van der Waals surface area contributed by atoms with Crippen molar-refractivity contribution < 1.29 is 4.74 Å². The summed E-state index contributed by atoms with van der Waals surface area (Å²) in [6.07, 6.45) is 5.94. The minimum Gasteiger partial charge on any atom is -0.385 e. The highest BCUT2D eigenvalue weighted by atomic mass is 16.5. The van der Waals surface area contributed by atoms with E-state index >= 15 is 0 Å². The van der Waals surface area contributed by atoms with Gasteiger partial charge in [0.1, 0.15) is 5.82 Å². The van der Waals surface area contributed by atoms with Gasteiger partial charge in [-0.15, -0.1) is 0 Å². The highest BCUT2D eigenvalue weighted by molar-refractivity contribution is 5.44. The number of fused-ring (bicyclic) bond motifs is 1. The van der Waals surface area contributed by atoms with Crippen molar-refractivity contribution in [3.63, 3.8) is 0 Å². The van der Waals surface area contributed by atoms with Crippen molar-refractivity contribution >= 4 is 5.82 Å². The fraction of sp³-hybridized carbons (Fsp3) is 0.706. The van der Waals surface area contributed by atoms with E-state index in [9.17, 15) is 0 Å². The number of aromatic nitrogens is 1. The lowest BCUT2D eigenvalue weighted by atomic mass is 10.0. The Morgan fingerprint density at radius 2 is 2.05 bits per heavy atom. The van der Waals surface area contributed by atoms with Crippen LogP contribution in [0.15, 0.2) is 12.1 Å². The van der Waals surface area contributed by atoms with Gasteiger partial charge in [-0.3, -0.25) is 0 Å². The SMILES string of the molecule is CCc1nc(N2CC3CC3C2)ccc1CCCCOC. The van der Waals surface area contributed by atoms with E-state index in [0.29, 0.717) is 0 Å². The zero-order chi connectivity index (χ0) is 13.9. The molecule has 0 N–H and O–H groups in total. The first-order valence-electron chi connectivity index (χ1n) is 8.04. The van der Waals surface area contributed by atoms with Gasteiger partial charge < -0.3 is 9.64 Å². The molecule has 2 heterocycles. The van der Waals surface area contributed by atoms with E-state index in [-0.39, 0.29) is 0 Å².